The number of nitrogens with zero attached hydrogens (tertiary/aromatic N) is 4. The summed E-state index contributed by atoms with van der Waals surface area (Å²) in [6, 6.07) is 6.37. The average Bonchev–Trinajstić information content (AvgIpc) is 3.13. The Hall–Kier alpha value is -3.51. The smallest absolute Gasteiger partial charge is 0.232 e. The van der Waals surface area contributed by atoms with Crippen LogP contribution in [0.15, 0.2) is 24.4 Å². The summed E-state index contributed by atoms with van der Waals surface area (Å²) in [5.74, 6) is -2.16. The molecular formula is C18H8F2N4O2S. The Morgan fingerprint density at radius 2 is 2.00 bits per heavy atom. The Morgan fingerprint density at radius 1 is 1.19 bits per heavy atom. The zero-order valence-corrected chi connectivity index (χ0v) is 14.5. The third kappa shape index (κ3) is 2.67. The average molecular weight is 382 g/mol. The summed E-state index contributed by atoms with van der Waals surface area (Å²) < 4.78 is 33.5. The molecule has 4 aromatic rings. The monoisotopic (exact) mass is 382 g/mol. The zero-order chi connectivity index (χ0) is 19.1. The van der Waals surface area contributed by atoms with Gasteiger partial charge in [0.05, 0.1) is 46.2 Å². The van der Waals surface area contributed by atoms with Gasteiger partial charge in [0.25, 0.3) is 0 Å². The number of ether oxygens (including phenoxy) is 1. The van der Waals surface area contributed by atoms with Gasteiger partial charge in [0.15, 0.2) is 17.9 Å². The van der Waals surface area contributed by atoms with Crippen LogP contribution in [0.3, 0.4) is 0 Å². The van der Waals surface area contributed by atoms with E-state index in [1.165, 1.54) is 19.4 Å². The number of nitriles is 1. The highest BCUT2D eigenvalue weighted by atomic mass is 32.1. The molecule has 2 aromatic carbocycles. The van der Waals surface area contributed by atoms with Crippen molar-refractivity contribution < 1.29 is 18.3 Å². The van der Waals surface area contributed by atoms with E-state index >= 15 is 0 Å². The van der Waals surface area contributed by atoms with E-state index in [1.807, 2.05) is 6.07 Å². The number of hydrogen-bond acceptors (Lipinski definition) is 7. The van der Waals surface area contributed by atoms with Crippen LogP contribution in [0.1, 0.15) is 15.9 Å². The van der Waals surface area contributed by atoms with Crippen molar-refractivity contribution in [2.45, 2.75) is 0 Å². The molecule has 0 bridgehead atoms. The lowest BCUT2D eigenvalue weighted by molar-refractivity contribution is 0.111. The van der Waals surface area contributed by atoms with Crippen LogP contribution >= 0.6 is 11.3 Å². The van der Waals surface area contributed by atoms with Crippen molar-refractivity contribution in [3.63, 3.8) is 0 Å². The number of thiazole rings is 1. The Kier molecular flexibility index (Phi) is 3.97. The number of benzene rings is 2. The van der Waals surface area contributed by atoms with E-state index in [2.05, 4.69) is 15.0 Å². The Balaban J connectivity index is 2.03. The molecule has 0 fully saturated rings. The zero-order valence-electron chi connectivity index (χ0n) is 13.7. The molecule has 0 N–H and O–H groups in total. The SMILES string of the molecule is COc1cnc2c(-c3nc4c(F)c(F)c(C=O)cc4s3)cc(C#N)cc2n1. The van der Waals surface area contributed by atoms with Gasteiger partial charge in [-0.1, -0.05) is 0 Å². The predicted octanol–water partition coefficient (Wildman–Crippen LogP) is 3.88. The minimum atomic E-state index is -1.24. The summed E-state index contributed by atoms with van der Waals surface area (Å²) in [7, 11) is 1.44. The number of methoxy groups -OCH3 is 1. The number of hydrogen-bond donors (Lipinski definition) is 0. The summed E-state index contributed by atoms with van der Waals surface area (Å²) in [6.07, 6.45) is 1.66. The van der Waals surface area contributed by atoms with Crippen LogP contribution in [0.25, 0.3) is 31.8 Å². The van der Waals surface area contributed by atoms with Crippen molar-refractivity contribution in [2.24, 2.45) is 0 Å². The third-order valence-electron chi connectivity index (χ3n) is 3.91. The molecule has 0 saturated heterocycles. The molecule has 27 heavy (non-hydrogen) atoms. The van der Waals surface area contributed by atoms with Crippen LogP contribution in [-0.2, 0) is 0 Å². The fourth-order valence-corrected chi connectivity index (χ4v) is 3.69. The molecule has 4 rings (SSSR count). The molecule has 0 saturated carbocycles. The first-order chi connectivity index (χ1) is 13.0. The largest absolute Gasteiger partial charge is 0.480 e. The van der Waals surface area contributed by atoms with E-state index in [0.717, 1.165) is 11.3 Å². The predicted molar refractivity (Wildman–Crippen MR) is 94.7 cm³/mol. The van der Waals surface area contributed by atoms with Crippen LogP contribution in [0.2, 0.25) is 0 Å². The van der Waals surface area contributed by atoms with Gasteiger partial charge in [-0.3, -0.25) is 4.79 Å². The number of aromatic nitrogens is 3. The highest BCUT2D eigenvalue weighted by Crippen LogP contribution is 2.36. The standard InChI is InChI=1S/C18H8F2N4O2S/c1-26-13-6-22-16-10(2-8(5-21)3-11(16)23-13)18-24-17-12(27-18)4-9(7-25)14(19)15(17)20/h2-4,6-7H,1H3. The number of rotatable bonds is 3. The van der Waals surface area contributed by atoms with Crippen LogP contribution in [-0.4, -0.2) is 28.3 Å². The first kappa shape index (κ1) is 16.9. The van der Waals surface area contributed by atoms with Gasteiger partial charge in [0, 0.05) is 5.56 Å². The topological polar surface area (TPSA) is 88.8 Å². The van der Waals surface area contributed by atoms with Crippen molar-refractivity contribution >= 4 is 38.9 Å². The molecule has 0 amide bonds. The molecule has 2 heterocycles. The molecular weight excluding hydrogens is 374 g/mol. The summed E-state index contributed by atoms with van der Waals surface area (Å²) >= 11 is 1.06. The molecule has 6 nitrogen and oxygen atoms in total. The van der Waals surface area contributed by atoms with Gasteiger partial charge < -0.3 is 4.74 Å². The second kappa shape index (κ2) is 6.34. The minimum absolute atomic E-state index is 0.185. The molecule has 0 aliphatic carbocycles. The van der Waals surface area contributed by atoms with Crippen LogP contribution in [0.5, 0.6) is 5.88 Å². The van der Waals surface area contributed by atoms with E-state index in [9.17, 15) is 18.8 Å². The summed E-state index contributed by atoms with van der Waals surface area (Å²) in [5.41, 5.74) is 1.03. The van der Waals surface area contributed by atoms with Crippen LogP contribution in [0, 0.1) is 23.0 Å². The number of fused-ring (bicyclic) bond motifs is 2. The third-order valence-corrected chi connectivity index (χ3v) is 4.95. The lowest BCUT2D eigenvalue weighted by atomic mass is 10.1. The molecule has 0 radical (unpaired) electrons. The maximum absolute atomic E-state index is 14.2. The van der Waals surface area contributed by atoms with E-state index in [1.54, 1.807) is 12.1 Å². The lowest BCUT2D eigenvalue weighted by Gasteiger charge is -2.05. The number of aldehydes is 1. The van der Waals surface area contributed by atoms with Crippen molar-refractivity contribution in [3.05, 3.63) is 47.2 Å². The van der Waals surface area contributed by atoms with Gasteiger partial charge in [-0.15, -0.1) is 11.3 Å². The van der Waals surface area contributed by atoms with Crippen LogP contribution < -0.4 is 4.74 Å². The van der Waals surface area contributed by atoms with Crippen molar-refractivity contribution in [3.8, 4) is 22.5 Å². The second-order valence-electron chi connectivity index (χ2n) is 5.49. The van der Waals surface area contributed by atoms with E-state index in [0.29, 0.717) is 31.9 Å². The van der Waals surface area contributed by atoms with Crippen LogP contribution in [0.4, 0.5) is 8.78 Å². The highest BCUT2D eigenvalue weighted by molar-refractivity contribution is 7.21. The fourth-order valence-electron chi connectivity index (χ4n) is 2.66. The molecule has 0 aliphatic heterocycles. The number of halogens is 2. The summed E-state index contributed by atoms with van der Waals surface area (Å²) in [5, 5.41) is 9.62. The summed E-state index contributed by atoms with van der Waals surface area (Å²) in [4.78, 5) is 23.7. The number of carbonyl (C=O) groups excluding carboxylic acids is 1. The van der Waals surface area contributed by atoms with Crippen molar-refractivity contribution in [1.82, 2.24) is 15.0 Å². The first-order valence-electron chi connectivity index (χ1n) is 7.54. The molecule has 0 aliphatic rings. The molecule has 0 atom stereocenters. The first-order valence-corrected chi connectivity index (χ1v) is 8.36. The van der Waals surface area contributed by atoms with Gasteiger partial charge in [0.2, 0.25) is 5.88 Å². The maximum atomic E-state index is 14.2. The van der Waals surface area contributed by atoms with E-state index in [-0.39, 0.29) is 23.2 Å². The Labute approximate surface area is 154 Å². The molecule has 0 unspecified atom stereocenters. The van der Waals surface area contributed by atoms with Crippen molar-refractivity contribution in [2.75, 3.05) is 7.11 Å². The maximum Gasteiger partial charge on any atom is 0.232 e. The molecule has 2 aromatic heterocycles. The Morgan fingerprint density at radius 3 is 2.70 bits per heavy atom. The van der Waals surface area contributed by atoms with Gasteiger partial charge >= 0.3 is 0 Å². The minimum Gasteiger partial charge on any atom is -0.480 e. The Bertz CT molecular complexity index is 1280. The fraction of sp³-hybridized carbons (Fsp3) is 0.0556. The van der Waals surface area contributed by atoms with Gasteiger partial charge in [-0.2, -0.15) is 5.26 Å². The van der Waals surface area contributed by atoms with Gasteiger partial charge in [-0.25, -0.2) is 23.7 Å². The lowest BCUT2D eigenvalue weighted by Crippen LogP contribution is -1.94. The van der Waals surface area contributed by atoms with E-state index < -0.39 is 11.6 Å². The normalized spacial score (nSPS) is 10.9. The second-order valence-corrected chi connectivity index (χ2v) is 6.52. The molecule has 9 heteroatoms. The van der Waals surface area contributed by atoms with Gasteiger partial charge in [0.1, 0.15) is 10.5 Å². The van der Waals surface area contributed by atoms with E-state index in [4.69, 9.17) is 4.74 Å². The van der Waals surface area contributed by atoms with Crippen molar-refractivity contribution in [1.29, 1.82) is 5.26 Å². The number of carbonyl (C=O) groups is 1. The summed E-state index contributed by atoms with van der Waals surface area (Å²) in [6.45, 7) is 0. The molecule has 132 valence electrons. The van der Waals surface area contributed by atoms with Gasteiger partial charge in [-0.05, 0) is 18.2 Å². The molecule has 0 spiro atoms. The highest BCUT2D eigenvalue weighted by Gasteiger charge is 2.20. The quantitative estimate of drug-likeness (QED) is 0.500.